The maximum atomic E-state index is 5.35. The van der Waals surface area contributed by atoms with Gasteiger partial charge in [-0.3, -0.25) is 5.32 Å². The summed E-state index contributed by atoms with van der Waals surface area (Å²) in [5, 5.41) is 3.28. The Bertz CT molecular complexity index is 70.7. The summed E-state index contributed by atoms with van der Waals surface area (Å²) in [6.45, 7) is 3.94. The van der Waals surface area contributed by atoms with Crippen LogP contribution >= 0.6 is 11.8 Å². The fraction of sp³-hybridized carbons (Fsp3) is 1.00. The van der Waals surface area contributed by atoms with E-state index in [2.05, 4.69) is 5.32 Å². The molecule has 0 saturated carbocycles. The standard InChI is InChI=1S/C6H13NOS/c1-2-8-6-5-9-4-3-7-6/h6-7H,2-5H2,1H3. The molecule has 1 rings (SSSR count). The van der Waals surface area contributed by atoms with Gasteiger partial charge in [0.25, 0.3) is 0 Å². The van der Waals surface area contributed by atoms with Crippen LogP contribution in [0.15, 0.2) is 0 Å². The average molecular weight is 147 g/mol. The first kappa shape index (κ1) is 7.38. The molecule has 0 aromatic heterocycles. The third kappa shape index (κ3) is 2.56. The Balaban J connectivity index is 2.08. The van der Waals surface area contributed by atoms with Crippen molar-refractivity contribution in [2.45, 2.75) is 13.2 Å². The van der Waals surface area contributed by atoms with Crippen molar-refractivity contribution in [1.29, 1.82) is 0 Å². The third-order valence-electron chi connectivity index (χ3n) is 1.26. The SMILES string of the molecule is CCOC1CSCCN1. The summed E-state index contributed by atoms with van der Waals surface area (Å²) >= 11 is 1.96. The Kier molecular flexibility index (Phi) is 3.40. The highest BCUT2D eigenvalue weighted by Gasteiger charge is 2.10. The number of hydrogen-bond donors (Lipinski definition) is 1. The Morgan fingerprint density at radius 1 is 1.78 bits per heavy atom. The van der Waals surface area contributed by atoms with Gasteiger partial charge in [0, 0.05) is 24.7 Å². The number of rotatable bonds is 2. The van der Waals surface area contributed by atoms with E-state index in [4.69, 9.17) is 4.74 Å². The molecule has 0 amide bonds. The Morgan fingerprint density at radius 3 is 3.22 bits per heavy atom. The third-order valence-corrected chi connectivity index (χ3v) is 2.29. The number of thioether (sulfide) groups is 1. The van der Waals surface area contributed by atoms with E-state index in [1.165, 1.54) is 5.75 Å². The first-order valence-corrected chi connectivity index (χ1v) is 4.51. The van der Waals surface area contributed by atoms with E-state index in [1.54, 1.807) is 0 Å². The van der Waals surface area contributed by atoms with E-state index in [0.29, 0.717) is 6.23 Å². The molecule has 54 valence electrons. The molecule has 1 saturated heterocycles. The lowest BCUT2D eigenvalue weighted by molar-refractivity contribution is 0.0550. The second-order valence-electron chi connectivity index (χ2n) is 1.97. The van der Waals surface area contributed by atoms with Crippen molar-refractivity contribution in [3.8, 4) is 0 Å². The first-order chi connectivity index (χ1) is 4.43. The highest BCUT2D eigenvalue weighted by atomic mass is 32.2. The molecule has 0 bridgehead atoms. The van der Waals surface area contributed by atoms with Gasteiger partial charge in [0.1, 0.15) is 6.23 Å². The van der Waals surface area contributed by atoms with Crippen LogP contribution in [-0.4, -0.2) is 30.9 Å². The second-order valence-corrected chi connectivity index (χ2v) is 3.12. The molecular weight excluding hydrogens is 134 g/mol. The van der Waals surface area contributed by atoms with Gasteiger partial charge in [-0.25, -0.2) is 0 Å². The first-order valence-electron chi connectivity index (χ1n) is 3.36. The largest absolute Gasteiger partial charge is 0.363 e. The van der Waals surface area contributed by atoms with Crippen LogP contribution in [0, 0.1) is 0 Å². The monoisotopic (exact) mass is 147 g/mol. The predicted molar refractivity (Wildman–Crippen MR) is 40.7 cm³/mol. The molecule has 1 aliphatic rings. The summed E-state index contributed by atoms with van der Waals surface area (Å²) in [5.41, 5.74) is 0. The molecule has 0 spiro atoms. The summed E-state index contributed by atoms with van der Waals surface area (Å²) in [6.07, 6.45) is 0.314. The molecule has 1 unspecified atom stereocenters. The fourth-order valence-electron chi connectivity index (χ4n) is 0.850. The molecule has 2 nitrogen and oxygen atoms in total. The topological polar surface area (TPSA) is 21.3 Å². The van der Waals surface area contributed by atoms with Gasteiger partial charge >= 0.3 is 0 Å². The summed E-state index contributed by atoms with van der Waals surface area (Å²) in [7, 11) is 0. The van der Waals surface area contributed by atoms with E-state index in [-0.39, 0.29) is 0 Å². The molecule has 1 heterocycles. The van der Waals surface area contributed by atoms with Gasteiger partial charge in [0.15, 0.2) is 0 Å². The highest BCUT2D eigenvalue weighted by Crippen LogP contribution is 2.07. The molecule has 0 aliphatic carbocycles. The summed E-state index contributed by atoms with van der Waals surface area (Å²) < 4.78 is 5.35. The molecule has 3 heteroatoms. The fourth-order valence-corrected chi connectivity index (χ4v) is 1.71. The summed E-state index contributed by atoms with van der Waals surface area (Å²) in [6, 6.07) is 0. The zero-order chi connectivity index (χ0) is 6.53. The number of nitrogens with one attached hydrogen (secondary N) is 1. The van der Waals surface area contributed by atoms with Crippen LogP contribution in [0.4, 0.5) is 0 Å². The quantitative estimate of drug-likeness (QED) is 0.621. The van der Waals surface area contributed by atoms with Crippen molar-refractivity contribution in [2.24, 2.45) is 0 Å². The van der Waals surface area contributed by atoms with Crippen LogP contribution in [0.1, 0.15) is 6.92 Å². The lowest BCUT2D eigenvalue weighted by Gasteiger charge is -2.22. The minimum atomic E-state index is 0.314. The molecular formula is C6H13NOS. The molecule has 0 aromatic carbocycles. The smallest absolute Gasteiger partial charge is 0.117 e. The van der Waals surface area contributed by atoms with E-state index in [1.807, 2.05) is 18.7 Å². The molecule has 1 N–H and O–H groups in total. The number of hydrogen-bond acceptors (Lipinski definition) is 3. The Morgan fingerprint density at radius 2 is 2.67 bits per heavy atom. The number of ether oxygens (including phenoxy) is 1. The minimum Gasteiger partial charge on any atom is -0.363 e. The normalized spacial score (nSPS) is 28.3. The maximum absolute atomic E-state index is 5.35. The highest BCUT2D eigenvalue weighted by molar-refractivity contribution is 7.99. The Labute approximate surface area is 60.3 Å². The summed E-state index contributed by atoms with van der Waals surface area (Å²) in [5.74, 6) is 2.33. The van der Waals surface area contributed by atoms with Gasteiger partial charge in [-0.1, -0.05) is 0 Å². The second kappa shape index (κ2) is 4.14. The van der Waals surface area contributed by atoms with Crippen molar-refractivity contribution in [2.75, 3.05) is 24.7 Å². The van der Waals surface area contributed by atoms with Crippen LogP contribution in [0.25, 0.3) is 0 Å². The molecule has 0 radical (unpaired) electrons. The maximum Gasteiger partial charge on any atom is 0.117 e. The van der Waals surface area contributed by atoms with Crippen molar-refractivity contribution in [3.05, 3.63) is 0 Å². The molecule has 1 aliphatic heterocycles. The zero-order valence-electron chi connectivity index (χ0n) is 5.72. The van der Waals surface area contributed by atoms with E-state index in [9.17, 15) is 0 Å². The van der Waals surface area contributed by atoms with Crippen molar-refractivity contribution in [1.82, 2.24) is 5.32 Å². The van der Waals surface area contributed by atoms with Crippen molar-refractivity contribution >= 4 is 11.8 Å². The van der Waals surface area contributed by atoms with Crippen LogP contribution in [0.5, 0.6) is 0 Å². The molecule has 1 atom stereocenters. The molecule has 0 aromatic rings. The van der Waals surface area contributed by atoms with Gasteiger partial charge in [-0.2, -0.15) is 11.8 Å². The summed E-state index contributed by atoms with van der Waals surface area (Å²) in [4.78, 5) is 0. The van der Waals surface area contributed by atoms with Crippen LogP contribution < -0.4 is 5.32 Å². The van der Waals surface area contributed by atoms with Gasteiger partial charge in [-0.05, 0) is 6.92 Å². The van der Waals surface area contributed by atoms with Gasteiger partial charge < -0.3 is 4.74 Å². The van der Waals surface area contributed by atoms with Gasteiger partial charge in [-0.15, -0.1) is 0 Å². The minimum absolute atomic E-state index is 0.314. The van der Waals surface area contributed by atoms with Crippen molar-refractivity contribution in [3.63, 3.8) is 0 Å². The molecule has 1 fully saturated rings. The van der Waals surface area contributed by atoms with Gasteiger partial charge in [0.2, 0.25) is 0 Å². The molecule has 9 heavy (non-hydrogen) atoms. The van der Waals surface area contributed by atoms with E-state index >= 15 is 0 Å². The predicted octanol–water partition coefficient (Wildman–Crippen LogP) is 0.685. The van der Waals surface area contributed by atoms with Crippen molar-refractivity contribution < 1.29 is 4.74 Å². The lowest BCUT2D eigenvalue weighted by atomic mass is 10.6. The van der Waals surface area contributed by atoms with Crippen LogP contribution in [-0.2, 0) is 4.74 Å². The van der Waals surface area contributed by atoms with Crippen LogP contribution in [0.2, 0.25) is 0 Å². The zero-order valence-corrected chi connectivity index (χ0v) is 6.54. The lowest BCUT2D eigenvalue weighted by Crippen LogP contribution is -2.39. The van der Waals surface area contributed by atoms with Gasteiger partial charge in [0.05, 0.1) is 0 Å². The van der Waals surface area contributed by atoms with Crippen LogP contribution in [0.3, 0.4) is 0 Å². The van der Waals surface area contributed by atoms with E-state index in [0.717, 1.165) is 18.9 Å². The van der Waals surface area contributed by atoms with E-state index < -0.39 is 0 Å². The Hall–Kier alpha value is 0.270. The average Bonchev–Trinajstić information content (AvgIpc) is 1.91.